The first-order valence-electron chi connectivity index (χ1n) is 8.56. The molecule has 0 bridgehead atoms. The summed E-state index contributed by atoms with van der Waals surface area (Å²) >= 11 is 0. The minimum absolute atomic E-state index is 0.119. The van der Waals surface area contributed by atoms with Crippen LogP contribution >= 0.6 is 0 Å². The monoisotopic (exact) mass is 391 g/mol. The van der Waals surface area contributed by atoms with Crippen LogP contribution in [0.5, 0.6) is 17.2 Å². The molecule has 9 nitrogen and oxygen atoms in total. The number of nitrogens with one attached hydrogen (secondary N) is 1. The van der Waals surface area contributed by atoms with Crippen LogP contribution in [0.1, 0.15) is 28.7 Å². The molecule has 0 fully saturated rings. The van der Waals surface area contributed by atoms with Gasteiger partial charge in [0.25, 0.3) is 5.91 Å². The summed E-state index contributed by atoms with van der Waals surface area (Å²) in [4.78, 5) is 25.1. The van der Waals surface area contributed by atoms with Gasteiger partial charge >= 0.3 is 5.97 Å². The summed E-state index contributed by atoms with van der Waals surface area (Å²) in [6, 6.07) is 3.05. The topological polar surface area (TPSA) is 101 Å². The van der Waals surface area contributed by atoms with E-state index in [2.05, 4.69) is 10.4 Å². The summed E-state index contributed by atoms with van der Waals surface area (Å²) < 4.78 is 22.7. The largest absolute Gasteiger partial charge is 0.493 e. The number of anilines is 1. The van der Waals surface area contributed by atoms with Crippen molar-refractivity contribution in [2.75, 3.05) is 26.6 Å². The molecule has 1 aromatic carbocycles. The Hall–Kier alpha value is -3.23. The summed E-state index contributed by atoms with van der Waals surface area (Å²) in [6.45, 7) is 5.11. The molecule has 0 saturated carbocycles. The van der Waals surface area contributed by atoms with E-state index < -0.39 is 18.0 Å². The van der Waals surface area contributed by atoms with E-state index >= 15 is 0 Å². The average molecular weight is 391 g/mol. The smallest absolute Gasteiger partial charge is 0.342 e. The molecule has 0 radical (unpaired) electrons. The molecule has 1 amide bonds. The standard InChI is InChI=1S/C19H25N3O6/c1-10-15(11(2)22(4)21-10)20-18(23)12(3)28-19(24)13-8-9-14(25-5)17(27-7)16(13)26-6/h8-9,12H,1-7H3,(H,20,23)/t12-/m0/s1. The Kier molecular flexibility index (Phi) is 6.50. The van der Waals surface area contributed by atoms with Crippen molar-refractivity contribution in [3.05, 3.63) is 29.1 Å². The van der Waals surface area contributed by atoms with Gasteiger partial charge < -0.3 is 24.3 Å². The Morgan fingerprint density at radius 3 is 2.21 bits per heavy atom. The highest BCUT2D eigenvalue weighted by atomic mass is 16.6. The predicted molar refractivity (Wildman–Crippen MR) is 102 cm³/mol. The highest BCUT2D eigenvalue weighted by molar-refractivity contribution is 5.99. The number of aryl methyl sites for hydroxylation is 2. The molecule has 1 heterocycles. The Morgan fingerprint density at radius 2 is 1.71 bits per heavy atom. The third-order valence-electron chi connectivity index (χ3n) is 4.33. The van der Waals surface area contributed by atoms with Gasteiger partial charge in [0.2, 0.25) is 5.75 Å². The lowest BCUT2D eigenvalue weighted by Gasteiger charge is -2.17. The zero-order valence-electron chi connectivity index (χ0n) is 17.1. The van der Waals surface area contributed by atoms with Gasteiger partial charge in [0.05, 0.1) is 38.4 Å². The van der Waals surface area contributed by atoms with E-state index in [-0.39, 0.29) is 17.1 Å². The van der Waals surface area contributed by atoms with Crippen LogP contribution in [-0.2, 0) is 16.6 Å². The van der Waals surface area contributed by atoms with Crippen LogP contribution < -0.4 is 19.5 Å². The first-order chi connectivity index (χ1) is 13.2. The van der Waals surface area contributed by atoms with E-state index in [0.717, 1.165) is 5.69 Å². The third-order valence-corrected chi connectivity index (χ3v) is 4.33. The second-order valence-electron chi connectivity index (χ2n) is 6.09. The molecule has 152 valence electrons. The number of hydrogen-bond donors (Lipinski definition) is 1. The van der Waals surface area contributed by atoms with Crippen LogP contribution in [0.4, 0.5) is 5.69 Å². The van der Waals surface area contributed by atoms with E-state index in [9.17, 15) is 9.59 Å². The molecular weight excluding hydrogens is 366 g/mol. The summed E-state index contributed by atoms with van der Waals surface area (Å²) in [5, 5.41) is 6.99. The van der Waals surface area contributed by atoms with Gasteiger partial charge in [-0.05, 0) is 32.9 Å². The summed E-state index contributed by atoms with van der Waals surface area (Å²) in [7, 11) is 6.09. The van der Waals surface area contributed by atoms with Gasteiger partial charge in [0, 0.05) is 7.05 Å². The van der Waals surface area contributed by atoms with Crippen molar-refractivity contribution in [3.63, 3.8) is 0 Å². The van der Waals surface area contributed by atoms with Gasteiger partial charge in [-0.15, -0.1) is 0 Å². The molecule has 1 aromatic heterocycles. The number of carbonyl (C=O) groups is 2. The first kappa shape index (κ1) is 21.1. The molecule has 1 N–H and O–H groups in total. The molecule has 0 spiro atoms. The van der Waals surface area contributed by atoms with Crippen molar-refractivity contribution < 1.29 is 28.5 Å². The van der Waals surface area contributed by atoms with Crippen LogP contribution in [0.2, 0.25) is 0 Å². The van der Waals surface area contributed by atoms with Gasteiger partial charge in [-0.3, -0.25) is 9.48 Å². The number of rotatable bonds is 7. The van der Waals surface area contributed by atoms with E-state index in [1.807, 2.05) is 6.92 Å². The molecule has 9 heteroatoms. The third kappa shape index (κ3) is 4.03. The summed E-state index contributed by atoms with van der Waals surface area (Å²) in [6.07, 6.45) is -1.04. The fourth-order valence-corrected chi connectivity index (χ4v) is 2.72. The number of hydrogen-bond acceptors (Lipinski definition) is 7. The minimum Gasteiger partial charge on any atom is -0.493 e. The molecule has 2 aromatic rings. The van der Waals surface area contributed by atoms with Crippen molar-refractivity contribution in [1.82, 2.24) is 9.78 Å². The molecule has 1 atom stereocenters. The number of benzene rings is 1. The van der Waals surface area contributed by atoms with Crippen LogP contribution in [0.25, 0.3) is 0 Å². The second kappa shape index (κ2) is 8.64. The van der Waals surface area contributed by atoms with Crippen LogP contribution in [0, 0.1) is 13.8 Å². The quantitative estimate of drug-likeness (QED) is 0.723. The van der Waals surface area contributed by atoms with E-state index in [4.69, 9.17) is 18.9 Å². The molecule has 2 rings (SSSR count). The number of ether oxygens (including phenoxy) is 4. The first-order valence-corrected chi connectivity index (χ1v) is 8.56. The number of aromatic nitrogens is 2. The fourth-order valence-electron chi connectivity index (χ4n) is 2.72. The molecular formula is C19H25N3O6. The molecule has 0 aliphatic carbocycles. The molecule has 0 aliphatic rings. The fraction of sp³-hybridized carbons (Fsp3) is 0.421. The zero-order chi connectivity index (χ0) is 21.0. The van der Waals surface area contributed by atoms with Crippen molar-refractivity contribution in [2.24, 2.45) is 7.05 Å². The van der Waals surface area contributed by atoms with E-state index in [1.54, 1.807) is 24.7 Å². The van der Waals surface area contributed by atoms with Gasteiger partial charge in [0.15, 0.2) is 17.6 Å². The maximum Gasteiger partial charge on any atom is 0.342 e. The van der Waals surface area contributed by atoms with Crippen molar-refractivity contribution in [3.8, 4) is 17.2 Å². The molecule has 0 aliphatic heterocycles. The Labute approximate surface area is 163 Å². The number of methoxy groups -OCH3 is 3. The maximum absolute atomic E-state index is 12.6. The van der Waals surface area contributed by atoms with Crippen molar-refractivity contribution in [1.29, 1.82) is 0 Å². The highest BCUT2D eigenvalue weighted by Crippen LogP contribution is 2.40. The molecule has 28 heavy (non-hydrogen) atoms. The Balaban J connectivity index is 2.19. The van der Waals surface area contributed by atoms with Crippen LogP contribution in [0.3, 0.4) is 0 Å². The predicted octanol–water partition coefficient (Wildman–Crippen LogP) is 2.25. The van der Waals surface area contributed by atoms with Gasteiger partial charge in [0.1, 0.15) is 5.56 Å². The number of carbonyl (C=O) groups excluding carboxylic acids is 2. The van der Waals surface area contributed by atoms with Crippen molar-refractivity contribution in [2.45, 2.75) is 26.9 Å². The molecule has 0 unspecified atom stereocenters. The van der Waals surface area contributed by atoms with Crippen LogP contribution in [-0.4, -0.2) is 49.1 Å². The van der Waals surface area contributed by atoms with E-state index in [1.165, 1.54) is 34.3 Å². The van der Waals surface area contributed by atoms with Gasteiger partial charge in [-0.1, -0.05) is 0 Å². The number of esters is 1. The minimum atomic E-state index is -1.04. The van der Waals surface area contributed by atoms with Gasteiger partial charge in [-0.25, -0.2) is 4.79 Å². The second-order valence-corrected chi connectivity index (χ2v) is 6.09. The van der Waals surface area contributed by atoms with Crippen LogP contribution in [0.15, 0.2) is 12.1 Å². The maximum atomic E-state index is 12.6. The Bertz CT molecular complexity index is 890. The highest BCUT2D eigenvalue weighted by Gasteiger charge is 2.26. The lowest BCUT2D eigenvalue weighted by molar-refractivity contribution is -0.123. The lowest BCUT2D eigenvalue weighted by Crippen LogP contribution is -2.30. The molecule has 0 saturated heterocycles. The number of nitrogens with zero attached hydrogens (tertiary/aromatic N) is 2. The zero-order valence-corrected chi connectivity index (χ0v) is 17.1. The Morgan fingerprint density at radius 1 is 1.07 bits per heavy atom. The van der Waals surface area contributed by atoms with Gasteiger partial charge in [-0.2, -0.15) is 5.10 Å². The lowest BCUT2D eigenvalue weighted by atomic mass is 10.1. The SMILES string of the molecule is COc1ccc(C(=O)O[C@@H](C)C(=O)Nc2c(C)nn(C)c2C)c(OC)c1OC. The summed E-state index contributed by atoms with van der Waals surface area (Å²) in [5.41, 5.74) is 2.19. The van der Waals surface area contributed by atoms with Crippen molar-refractivity contribution >= 4 is 17.6 Å². The average Bonchev–Trinajstić information content (AvgIpc) is 2.92. The van der Waals surface area contributed by atoms with E-state index in [0.29, 0.717) is 17.1 Å². The number of amides is 1. The normalized spacial score (nSPS) is 11.5. The summed E-state index contributed by atoms with van der Waals surface area (Å²) in [5.74, 6) is -0.354.